The molecule has 0 radical (unpaired) electrons. The second-order valence-electron chi connectivity index (χ2n) is 10.1. The van der Waals surface area contributed by atoms with Crippen molar-refractivity contribution in [1.82, 2.24) is 4.90 Å². The number of hydrogen-bond donors (Lipinski definition) is 0. The highest BCUT2D eigenvalue weighted by Crippen LogP contribution is 2.53. The summed E-state index contributed by atoms with van der Waals surface area (Å²) in [5.41, 5.74) is 3.53. The van der Waals surface area contributed by atoms with Crippen LogP contribution < -0.4 is 0 Å². The summed E-state index contributed by atoms with van der Waals surface area (Å²) < 4.78 is 10.5. The molecule has 0 N–H and O–H groups in total. The molecule has 1 fully saturated rings. The van der Waals surface area contributed by atoms with E-state index in [1.165, 1.54) is 7.11 Å². The van der Waals surface area contributed by atoms with Crippen molar-refractivity contribution in [3.63, 3.8) is 0 Å². The Balaban J connectivity index is 2.48. The first kappa shape index (κ1) is 29.9. The van der Waals surface area contributed by atoms with Crippen LogP contribution in [-0.2, 0) is 19.1 Å². The van der Waals surface area contributed by atoms with Crippen molar-refractivity contribution in [3.05, 3.63) is 46.5 Å². The molecule has 0 unspecified atom stereocenters. The molecule has 1 aromatic rings. The van der Waals surface area contributed by atoms with E-state index in [0.717, 1.165) is 17.6 Å². The van der Waals surface area contributed by atoms with E-state index in [9.17, 15) is 9.59 Å². The number of esters is 2. The Morgan fingerprint density at radius 3 is 2.26 bits per heavy atom. The maximum absolute atomic E-state index is 12.9. The van der Waals surface area contributed by atoms with Gasteiger partial charge in [-0.05, 0) is 47.2 Å². The summed E-state index contributed by atoms with van der Waals surface area (Å²) in [4.78, 5) is 27.6. The summed E-state index contributed by atoms with van der Waals surface area (Å²) in [5.74, 6) is -0.678. The third-order valence-electron chi connectivity index (χ3n) is 7.11. The lowest BCUT2D eigenvalue weighted by atomic mass is 9.98. The maximum Gasteiger partial charge on any atom is 0.330 e. The Kier molecular flexibility index (Phi) is 11.4. The van der Waals surface area contributed by atoms with Crippen LogP contribution >= 0.6 is 22.8 Å². The minimum Gasteiger partial charge on any atom is -0.468 e. The number of carbonyl (C=O) groups is 2. The Morgan fingerprint density at radius 1 is 1.14 bits per heavy atom. The van der Waals surface area contributed by atoms with E-state index in [1.54, 1.807) is 12.1 Å². The quantitative estimate of drug-likeness (QED) is 0.181. The van der Waals surface area contributed by atoms with E-state index < -0.39 is 13.3 Å². The molecule has 0 spiro atoms. The third kappa shape index (κ3) is 6.94. The predicted molar refractivity (Wildman–Crippen MR) is 150 cm³/mol. The zero-order valence-electron chi connectivity index (χ0n) is 22.5. The van der Waals surface area contributed by atoms with Gasteiger partial charge in [0.15, 0.2) is 0 Å². The lowest BCUT2D eigenvalue weighted by Crippen LogP contribution is -2.47. The van der Waals surface area contributed by atoms with Gasteiger partial charge in [-0.25, -0.2) is 9.59 Å². The third-order valence-corrected chi connectivity index (χ3v) is 20.4. The fraction of sp³-hybridized carbons (Fsp3) is 0.630. The summed E-state index contributed by atoms with van der Waals surface area (Å²) in [6.07, 6.45) is 2.50. The standard InChI is InChI=1S/C27H42ClNO4SSi/c1-9-33-25(30)16-21-17-29(26(27(31)32-8)22-12-10-11-13-23(22)28)15-14-24(21)34-35(18(2)3,19(4)5)20(6)7/h10-13,16,18-20,24,26H,9,14-15,17H2,1-8H3/b21-16+/t24-,26+/m1/s1. The zero-order valence-corrected chi connectivity index (χ0v) is 25.0. The fourth-order valence-electron chi connectivity index (χ4n) is 5.65. The first-order valence-corrected chi connectivity index (χ1v) is 16.8. The van der Waals surface area contributed by atoms with Gasteiger partial charge >= 0.3 is 11.9 Å². The van der Waals surface area contributed by atoms with Crippen molar-refractivity contribution in [2.75, 3.05) is 26.8 Å². The normalized spacial score (nSPS) is 19.4. The van der Waals surface area contributed by atoms with Crippen molar-refractivity contribution in [3.8, 4) is 0 Å². The second kappa shape index (κ2) is 13.3. The van der Waals surface area contributed by atoms with Gasteiger partial charge in [-0.2, -0.15) is 11.2 Å². The molecule has 2 atom stereocenters. The van der Waals surface area contributed by atoms with Crippen molar-refractivity contribution in [2.45, 2.75) is 82.8 Å². The van der Waals surface area contributed by atoms with Gasteiger partial charge in [0, 0.05) is 29.4 Å². The molecule has 8 heteroatoms. The molecule has 0 bridgehead atoms. The predicted octanol–water partition coefficient (Wildman–Crippen LogP) is 7.03. The minimum absolute atomic E-state index is 0.207. The van der Waals surface area contributed by atoms with E-state index >= 15 is 0 Å². The maximum atomic E-state index is 12.9. The molecule has 0 amide bonds. The largest absolute Gasteiger partial charge is 0.468 e. The number of nitrogens with zero attached hydrogens (tertiary/aromatic N) is 1. The van der Waals surface area contributed by atoms with Crippen LogP contribution in [0.4, 0.5) is 0 Å². The number of ether oxygens (including phenoxy) is 2. The van der Waals surface area contributed by atoms with E-state index in [-0.39, 0.29) is 17.2 Å². The monoisotopic (exact) mass is 539 g/mol. The van der Waals surface area contributed by atoms with Gasteiger partial charge in [-0.1, -0.05) is 71.3 Å². The molecular formula is C27H42ClNO4SSi. The number of methoxy groups -OCH3 is 1. The molecule has 1 aliphatic heterocycles. The highest BCUT2D eigenvalue weighted by molar-refractivity contribution is 8.29. The van der Waals surface area contributed by atoms with Crippen LogP contribution in [-0.4, -0.2) is 56.1 Å². The zero-order chi connectivity index (χ0) is 26.3. The molecule has 0 aromatic heterocycles. The Bertz CT molecular complexity index is 883. The van der Waals surface area contributed by atoms with E-state index in [1.807, 2.05) is 25.1 Å². The van der Waals surface area contributed by atoms with Gasteiger partial charge in [0.25, 0.3) is 0 Å². The van der Waals surface area contributed by atoms with Crippen LogP contribution in [0.15, 0.2) is 35.9 Å². The van der Waals surface area contributed by atoms with Crippen LogP contribution in [0.3, 0.4) is 0 Å². The highest BCUT2D eigenvalue weighted by Gasteiger charge is 2.47. The van der Waals surface area contributed by atoms with Crippen molar-refractivity contribution < 1.29 is 19.1 Å². The average molecular weight is 540 g/mol. The van der Waals surface area contributed by atoms with Gasteiger partial charge in [0.2, 0.25) is 0 Å². The second-order valence-corrected chi connectivity index (χ2v) is 19.3. The molecule has 35 heavy (non-hydrogen) atoms. The number of halogens is 1. The topological polar surface area (TPSA) is 55.8 Å². The Hall–Kier alpha value is -1.28. The number of hydrogen-bond acceptors (Lipinski definition) is 6. The molecule has 1 aliphatic rings. The fourth-order valence-corrected chi connectivity index (χ4v) is 16.4. The molecule has 2 rings (SSSR count). The van der Waals surface area contributed by atoms with Gasteiger partial charge in [-0.15, -0.1) is 0 Å². The summed E-state index contributed by atoms with van der Waals surface area (Å²) in [6, 6.07) is 6.76. The first-order chi connectivity index (χ1) is 16.5. The first-order valence-electron chi connectivity index (χ1n) is 12.6. The SMILES string of the molecule is CCOC(=O)/C=C1\CN([C@H](C(=O)OC)c2ccccc2Cl)CC[C@H]1S[Si](C(C)C)(C(C)C)C(C)C. The summed E-state index contributed by atoms with van der Waals surface area (Å²) in [6.45, 7) is 17.5. The molecule has 5 nitrogen and oxygen atoms in total. The van der Waals surface area contributed by atoms with E-state index in [2.05, 4.69) is 57.7 Å². The molecule has 1 heterocycles. The Labute approximate surface area is 221 Å². The van der Waals surface area contributed by atoms with Crippen LogP contribution in [0.25, 0.3) is 0 Å². The number of likely N-dealkylation sites (tertiary alicyclic amines) is 1. The molecule has 0 saturated carbocycles. The summed E-state index contributed by atoms with van der Waals surface area (Å²) in [5, 5.41) is 0.736. The smallest absolute Gasteiger partial charge is 0.330 e. The number of carbonyl (C=O) groups excluding carboxylic acids is 2. The number of benzene rings is 1. The van der Waals surface area contributed by atoms with Crippen LogP contribution in [0.2, 0.25) is 21.6 Å². The highest BCUT2D eigenvalue weighted by atomic mass is 35.5. The molecule has 196 valence electrons. The summed E-state index contributed by atoms with van der Waals surface area (Å²) in [7, 11) is -0.384. The van der Waals surface area contributed by atoms with Crippen molar-refractivity contribution in [2.24, 2.45) is 0 Å². The average Bonchev–Trinajstić information content (AvgIpc) is 2.79. The lowest BCUT2D eigenvalue weighted by molar-refractivity contribution is -0.147. The van der Waals surface area contributed by atoms with Gasteiger partial charge in [-0.3, -0.25) is 4.90 Å². The number of rotatable bonds is 10. The number of piperidine rings is 1. The minimum atomic E-state index is -1.78. The van der Waals surface area contributed by atoms with Gasteiger partial charge in [0.05, 0.1) is 13.7 Å². The molecule has 1 aromatic carbocycles. The van der Waals surface area contributed by atoms with Gasteiger partial charge < -0.3 is 9.47 Å². The van der Waals surface area contributed by atoms with E-state index in [0.29, 0.717) is 41.3 Å². The Morgan fingerprint density at radius 2 is 1.74 bits per heavy atom. The molecule has 1 saturated heterocycles. The molecule has 0 aliphatic carbocycles. The molecular weight excluding hydrogens is 498 g/mol. The van der Waals surface area contributed by atoms with Crippen molar-refractivity contribution >= 4 is 42.0 Å². The lowest BCUT2D eigenvalue weighted by Gasteiger charge is -2.47. The van der Waals surface area contributed by atoms with Gasteiger partial charge in [0.1, 0.15) is 13.3 Å². The summed E-state index contributed by atoms with van der Waals surface area (Å²) >= 11 is 8.63. The van der Waals surface area contributed by atoms with Crippen LogP contribution in [0.5, 0.6) is 0 Å². The van der Waals surface area contributed by atoms with Crippen LogP contribution in [0, 0.1) is 0 Å². The van der Waals surface area contributed by atoms with E-state index in [4.69, 9.17) is 21.1 Å². The van der Waals surface area contributed by atoms with Crippen molar-refractivity contribution in [1.29, 1.82) is 0 Å². The van der Waals surface area contributed by atoms with Crippen LogP contribution in [0.1, 0.15) is 66.5 Å².